The number of fused-ring (bicyclic) bond motifs is 3. The minimum atomic E-state index is -0.650. The van der Waals surface area contributed by atoms with Gasteiger partial charge in [-0.3, -0.25) is 9.59 Å². The lowest BCUT2D eigenvalue weighted by Crippen LogP contribution is -2.52. The van der Waals surface area contributed by atoms with E-state index in [2.05, 4.69) is 5.32 Å². The maximum atomic E-state index is 13.0. The Morgan fingerprint density at radius 2 is 1.96 bits per heavy atom. The van der Waals surface area contributed by atoms with E-state index in [0.717, 1.165) is 24.1 Å². The van der Waals surface area contributed by atoms with E-state index in [9.17, 15) is 14.7 Å². The minimum absolute atomic E-state index is 0.0351. The normalized spacial score (nSPS) is 32.4. The highest BCUT2D eigenvalue weighted by Gasteiger charge is 2.47. The summed E-state index contributed by atoms with van der Waals surface area (Å²) in [5.41, 5.74) is 1.90. The molecule has 3 aliphatic rings. The first-order valence-electron chi connectivity index (χ1n) is 8.41. The maximum Gasteiger partial charge on any atom is 0.254 e. The second-order valence-electron chi connectivity index (χ2n) is 7.42. The molecule has 0 radical (unpaired) electrons. The second-order valence-corrected chi connectivity index (χ2v) is 7.42. The third-order valence-electron chi connectivity index (χ3n) is 5.45. The lowest BCUT2D eigenvalue weighted by Gasteiger charge is -2.42. The van der Waals surface area contributed by atoms with E-state index in [4.69, 9.17) is 0 Å². The second kappa shape index (κ2) is 5.06. The molecule has 2 atom stereocenters. The molecule has 4 rings (SSSR count). The monoisotopic (exact) mass is 314 g/mol. The van der Waals surface area contributed by atoms with Gasteiger partial charge in [-0.1, -0.05) is 0 Å². The summed E-state index contributed by atoms with van der Waals surface area (Å²) in [4.78, 5) is 26.4. The first-order valence-corrected chi connectivity index (χ1v) is 8.41. The van der Waals surface area contributed by atoms with Gasteiger partial charge in [-0.2, -0.15) is 0 Å². The SMILES string of the molecule is CC1(O)CC2CCC(C1)N2C(=O)c1ccc2c(c1)CCC(=O)N2. The number of aryl methyl sites for hydroxylation is 1. The number of nitrogens with zero attached hydrogens (tertiary/aromatic N) is 1. The summed E-state index contributed by atoms with van der Waals surface area (Å²) in [6.45, 7) is 1.88. The number of hydrogen-bond donors (Lipinski definition) is 2. The van der Waals surface area contributed by atoms with Gasteiger partial charge >= 0.3 is 0 Å². The molecule has 5 nitrogen and oxygen atoms in total. The summed E-state index contributed by atoms with van der Waals surface area (Å²) in [5, 5.41) is 13.2. The van der Waals surface area contributed by atoms with Crippen molar-refractivity contribution in [2.75, 3.05) is 5.32 Å². The smallest absolute Gasteiger partial charge is 0.254 e. The molecule has 2 N–H and O–H groups in total. The zero-order chi connectivity index (χ0) is 16.2. The molecular formula is C18H22N2O3. The van der Waals surface area contributed by atoms with Crippen molar-refractivity contribution in [2.45, 2.75) is 63.1 Å². The van der Waals surface area contributed by atoms with Gasteiger partial charge in [-0.05, 0) is 62.8 Å². The topological polar surface area (TPSA) is 69.6 Å². The van der Waals surface area contributed by atoms with Gasteiger partial charge in [0.2, 0.25) is 5.91 Å². The Morgan fingerprint density at radius 1 is 1.26 bits per heavy atom. The van der Waals surface area contributed by atoms with Gasteiger partial charge in [0.15, 0.2) is 0 Å². The van der Waals surface area contributed by atoms with E-state index >= 15 is 0 Å². The molecule has 0 saturated carbocycles. The van der Waals surface area contributed by atoms with Crippen LogP contribution in [0.4, 0.5) is 5.69 Å². The van der Waals surface area contributed by atoms with Crippen LogP contribution in [0.5, 0.6) is 0 Å². The Labute approximate surface area is 135 Å². The van der Waals surface area contributed by atoms with E-state index in [0.29, 0.717) is 31.2 Å². The molecule has 0 spiro atoms. The summed E-state index contributed by atoms with van der Waals surface area (Å²) in [7, 11) is 0. The molecule has 1 aromatic rings. The number of carbonyl (C=O) groups is 2. The average Bonchev–Trinajstić information content (AvgIpc) is 2.78. The van der Waals surface area contributed by atoms with E-state index in [1.165, 1.54) is 0 Å². The van der Waals surface area contributed by atoms with Crippen LogP contribution in [0.25, 0.3) is 0 Å². The molecule has 0 aliphatic carbocycles. The highest BCUT2D eigenvalue weighted by molar-refractivity contribution is 5.98. The van der Waals surface area contributed by atoms with E-state index in [1.807, 2.05) is 24.0 Å². The highest BCUT2D eigenvalue weighted by atomic mass is 16.3. The number of nitrogens with one attached hydrogen (secondary N) is 1. The Hall–Kier alpha value is -1.88. The molecule has 3 aliphatic heterocycles. The molecular weight excluding hydrogens is 292 g/mol. The number of amides is 2. The molecule has 2 saturated heterocycles. The van der Waals surface area contributed by atoms with Crippen LogP contribution in [0.1, 0.15) is 54.9 Å². The zero-order valence-electron chi connectivity index (χ0n) is 13.3. The van der Waals surface area contributed by atoms with Gasteiger partial charge in [0, 0.05) is 29.8 Å². The van der Waals surface area contributed by atoms with Crippen molar-refractivity contribution in [1.82, 2.24) is 4.90 Å². The molecule has 5 heteroatoms. The molecule has 3 heterocycles. The lowest BCUT2D eigenvalue weighted by atomic mass is 9.87. The average molecular weight is 314 g/mol. The van der Waals surface area contributed by atoms with Crippen LogP contribution in [0.2, 0.25) is 0 Å². The Morgan fingerprint density at radius 3 is 2.65 bits per heavy atom. The van der Waals surface area contributed by atoms with Crippen LogP contribution < -0.4 is 5.32 Å². The van der Waals surface area contributed by atoms with E-state index in [1.54, 1.807) is 6.07 Å². The van der Waals surface area contributed by atoms with Crippen molar-refractivity contribution in [1.29, 1.82) is 0 Å². The predicted molar refractivity (Wildman–Crippen MR) is 86.2 cm³/mol. The van der Waals surface area contributed by atoms with Gasteiger partial charge in [0.05, 0.1) is 5.60 Å². The number of rotatable bonds is 1. The zero-order valence-corrected chi connectivity index (χ0v) is 13.3. The summed E-state index contributed by atoms with van der Waals surface area (Å²) < 4.78 is 0. The third kappa shape index (κ3) is 2.53. The van der Waals surface area contributed by atoms with Gasteiger partial charge in [-0.15, -0.1) is 0 Å². The molecule has 23 heavy (non-hydrogen) atoms. The minimum Gasteiger partial charge on any atom is -0.390 e. The Kier molecular flexibility index (Phi) is 3.23. The summed E-state index contributed by atoms with van der Waals surface area (Å²) >= 11 is 0. The summed E-state index contributed by atoms with van der Waals surface area (Å²) in [5.74, 6) is 0.0978. The van der Waals surface area contributed by atoms with Crippen molar-refractivity contribution < 1.29 is 14.7 Å². The molecule has 2 amide bonds. The predicted octanol–water partition coefficient (Wildman–Crippen LogP) is 2.09. The molecule has 122 valence electrons. The molecule has 2 unspecified atom stereocenters. The Balaban J connectivity index is 1.60. The third-order valence-corrected chi connectivity index (χ3v) is 5.45. The lowest BCUT2D eigenvalue weighted by molar-refractivity contribution is -0.116. The van der Waals surface area contributed by atoms with Crippen LogP contribution in [0.3, 0.4) is 0 Å². The van der Waals surface area contributed by atoms with E-state index < -0.39 is 5.60 Å². The van der Waals surface area contributed by atoms with Gasteiger partial charge in [0.1, 0.15) is 0 Å². The van der Waals surface area contributed by atoms with Crippen LogP contribution in [-0.2, 0) is 11.2 Å². The molecule has 2 bridgehead atoms. The quantitative estimate of drug-likeness (QED) is 0.834. The highest BCUT2D eigenvalue weighted by Crippen LogP contribution is 2.41. The first kappa shape index (κ1) is 14.7. The van der Waals surface area contributed by atoms with Crippen molar-refractivity contribution in [3.05, 3.63) is 29.3 Å². The van der Waals surface area contributed by atoms with Crippen molar-refractivity contribution in [3.8, 4) is 0 Å². The molecule has 1 aromatic carbocycles. The number of anilines is 1. The fourth-order valence-corrected chi connectivity index (χ4v) is 4.46. The number of aliphatic hydroxyl groups is 1. The maximum absolute atomic E-state index is 13.0. The van der Waals surface area contributed by atoms with Crippen molar-refractivity contribution in [3.63, 3.8) is 0 Å². The van der Waals surface area contributed by atoms with Crippen LogP contribution in [-0.4, -0.2) is 39.5 Å². The largest absolute Gasteiger partial charge is 0.390 e. The molecule has 2 fully saturated rings. The fourth-order valence-electron chi connectivity index (χ4n) is 4.46. The number of piperidine rings is 1. The number of benzene rings is 1. The van der Waals surface area contributed by atoms with Crippen LogP contribution >= 0.6 is 0 Å². The number of carbonyl (C=O) groups excluding carboxylic acids is 2. The fraction of sp³-hybridized carbons (Fsp3) is 0.556. The van der Waals surface area contributed by atoms with Crippen LogP contribution in [0.15, 0.2) is 18.2 Å². The van der Waals surface area contributed by atoms with Crippen molar-refractivity contribution in [2.24, 2.45) is 0 Å². The first-order chi connectivity index (χ1) is 10.9. The van der Waals surface area contributed by atoms with E-state index in [-0.39, 0.29) is 23.9 Å². The van der Waals surface area contributed by atoms with Gasteiger partial charge < -0.3 is 15.3 Å². The molecule has 0 aromatic heterocycles. The Bertz CT molecular complexity index is 667. The summed E-state index contributed by atoms with van der Waals surface area (Å²) in [6, 6.07) is 5.85. The van der Waals surface area contributed by atoms with Gasteiger partial charge in [0.25, 0.3) is 5.91 Å². The summed E-state index contributed by atoms with van der Waals surface area (Å²) in [6.07, 6.45) is 4.44. The van der Waals surface area contributed by atoms with Crippen LogP contribution in [0, 0.1) is 0 Å². The van der Waals surface area contributed by atoms with Crippen molar-refractivity contribution >= 4 is 17.5 Å². The standard InChI is InChI=1S/C18H22N2O3/c1-18(23)9-13-4-5-14(10-18)20(13)17(22)12-2-6-15-11(8-12)3-7-16(21)19-15/h2,6,8,13-14,23H,3-5,7,9-10H2,1H3,(H,19,21). The van der Waals surface area contributed by atoms with Gasteiger partial charge in [-0.25, -0.2) is 0 Å². The number of hydrogen-bond acceptors (Lipinski definition) is 3.